The van der Waals surface area contributed by atoms with Crippen molar-refractivity contribution >= 4 is 13.8 Å². The van der Waals surface area contributed by atoms with Gasteiger partial charge < -0.3 is 39.9 Å². The van der Waals surface area contributed by atoms with Gasteiger partial charge in [-0.1, -0.05) is 168 Å². The van der Waals surface area contributed by atoms with Gasteiger partial charge in [0.05, 0.1) is 13.2 Å². The predicted octanol–water partition coefficient (Wildman–Crippen LogP) is 7.81. The molecule has 6 atom stereocenters. The van der Waals surface area contributed by atoms with Gasteiger partial charge in [-0.25, -0.2) is 4.57 Å². The van der Waals surface area contributed by atoms with Crippen LogP contribution in [0.4, 0.5) is 0 Å². The Balaban J connectivity index is 2.39. The molecule has 53 heavy (non-hydrogen) atoms. The number of unbranched alkanes of at least 4 members (excludes halogenated alkanes) is 24. The normalized spacial score (nSPS) is 23.5. The van der Waals surface area contributed by atoms with E-state index in [1.807, 2.05) is 0 Å². The molecule has 0 bridgehead atoms. The zero-order valence-corrected chi connectivity index (χ0v) is 34.2. The Bertz CT molecular complexity index is 895. The third kappa shape index (κ3) is 25.3. The number of aliphatic hydroxyl groups excluding tert-OH is 5. The van der Waals surface area contributed by atoms with Crippen molar-refractivity contribution in [3.63, 3.8) is 0 Å². The summed E-state index contributed by atoms with van der Waals surface area (Å²) < 4.78 is 34.0. The molecule has 13 heteroatoms. The van der Waals surface area contributed by atoms with E-state index in [-0.39, 0.29) is 13.0 Å². The van der Waals surface area contributed by atoms with Crippen LogP contribution in [0, 0.1) is 0 Å². The molecule has 1 rings (SSSR count). The molecule has 0 saturated heterocycles. The van der Waals surface area contributed by atoms with Crippen molar-refractivity contribution < 1.29 is 58.3 Å². The number of carbonyl (C=O) groups is 1. The van der Waals surface area contributed by atoms with Gasteiger partial charge in [0, 0.05) is 13.0 Å². The molecular formula is C40H79O12P. The smallest absolute Gasteiger partial charge is 0.457 e. The Hall–Kier alpha value is -0.660. The number of hydrogen-bond acceptors (Lipinski definition) is 11. The minimum Gasteiger partial charge on any atom is -0.457 e. The van der Waals surface area contributed by atoms with E-state index in [2.05, 4.69) is 13.8 Å². The van der Waals surface area contributed by atoms with E-state index in [1.165, 1.54) is 122 Å². The first kappa shape index (κ1) is 50.4. The Morgan fingerprint density at radius 1 is 0.528 bits per heavy atom. The largest absolute Gasteiger partial charge is 0.472 e. The van der Waals surface area contributed by atoms with Crippen LogP contribution in [0.5, 0.6) is 0 Å². The average Bonchev–Trinajstić information content (AvgIpc) is 3.14. The Kier molecular flexibility index (Phi) is 30.8. The highest BCUT2D eigenvalue weighted by Gasteiger charge is 2.51. The van der Waals surface area contributed by atoms with Gasteiger partial charge in [0.15, 0.2) is 0 Å². The van der Waals surface area contributed by atoms with Crippen LogP contribution in [0.3, 0.4) is 0 Å². The van der Waals surface area contributed by atoms with Gasteiger partial charge in [-0.3, -0.25) is 13.8 Å². The van der Waals surface area contributed by atoms with Crippen LogP contribution in [-0.4, -0.2) is 98.9 Å². The molecule has 0 amide bonds. The van der Waals surface area contributed by atoms with Crippen LogP contribution in [0.1, 0.15) is 187 Å². The maximum absolute atomic E-state index is 12.8. The molecular weight excluding hydrogens is 703 g/mol. The van der Waals surface area contributed by atoms with Crippen LogP contribution in [0.2, 0.25) is 0 Å². The average molecular weight is 783 g/mol. The van der Waals surface area contributed by atoms with E-state index in [1.54, 1.807) is 0 Å². The second-order valence-electron chi connectivity index (χ2n) is 15.2. The summed E-state index contributed by atoms with van der Waals surface area (Å²) in [5.41, 5.74) is 0. The first-order valence-electron chi connectivity index (χ1n) is 21.4. The number of phosphoric ester groups is 1. The molecule has 0 aromatic rings. The molecule has 316 valence electrons. The van der Waals surface area contributed by atoms with Crippen LogP contribution >= 0.6 is 7.82 Å². The third-order valence-electron chi connectivity index (χ3n) is 10.2. The Labute approximate surface area is 321 Å². The summed E-state index contributed by atoms with van der Waals surface area (Å²) in [5, 5.41) is 50.0. The lowest BCUT2D eigenvalue weighted by Crippen LogP contribution is -2.64. The van der Waals surface area contributed by atoms with Crippen LogP contribution in [0.25, 0.3) is 0 Å². The van der Waals surface area contributed by atoms with E-state index in [0.29, 0.717) is 13.0 Å². The van der Waals surface area contributed by atoms with Gasteiger partial charge in [0.2, 0.25) is 0 Å². The summed E-state index contributed by atoms with van der Waals surface area (Å²) in [6.07, 6.45) is 19.0. The molecule has 0 aromatic carbocycles. The van der Waals surface area contributed by atoms with E-state index >= 15 is 0 Å². The number of carbonyl (C=O) groups excluding carboxylic acids is 1. The lowest BCUT2D eigenvalue weighted by molar-refractivity contribution is -0.220. The Morgan fingerprint density at radius 2 is 0.887 bits per heavy atom. The van der Waals surface area contributed by atoms with Gasteiger partial charge in [-0.05, 0) is 12.8 Å². The minimum atomic E-state index is -5.00. The number of hydrogen-bond donors (Lipinski definition) is 6. The molecule has 0 spiro atoms. The molecule has 0 aromatic heterocycles. The fourth-order valence-electron chi connectivity index (χ4n) is 6.77. The van der Waals surface area contributed by atoms with Crippen molar-refractivity contribution in [3.8, 4) is 0 Å². The highest BCUT2D eigenvalue weighted by molar-refractivity contribution is 7.47. The molecule has 1 fully saturated rings. The maximum Gasteiger partial charge on any atom is 0.472 e. The van der Waals surface area contributed by atoms with Crippen molar-refractivity contribution in [1.82, 2.24) is 0 Å². The van der Waals surface area contributed by atoms with E-state index in [0.717, 1.165) is 38.5 Å². The zero-order chi connectivity index (χ0) is 39.2. The van der Waals surface area contributed by atoms with Crippen molar-refractivity contribution in [2.24, 2.45) is 0 Å². The molecule has 6 N–H and O–H groups in total. The lowest BCUT2D eigenvalue weighted by atomic mass is 9.85. The van der Waals surface area contributed by atoms with Gasteiger partial charge in [-0.2, -0.15) is 0 Å². The Morgan fingerprint density at radius 3 is 1.30 bits per heavy atom. The summed E-state index contributed by atoms with van der Waals surface area (Å²) in [7, 11) is -5.00. The molecule has 6 unspecified atom stereocenters. The van der Waals surface area contributed by atoms with Crippen molar-refractivity contribution in [3.05, 3.63) is 0 Å². The number of ether oxygens (including phenoxy) is 2. The van der Waals surface area contributed by atoms with Crippen molar-refractivity contribution in [2.75, 3.05) is 19.8 Å². The summed E-state index contributed by atoms with van der Waals surface area (Å²) in [6, 6.07) is 0. The second-order valence-corrected chi connectivity index (χ2v) is 16.6. The predicted molar refractivity (Wildman–Crippen MR) is 207 cm³/mol. The molecule has 1 aliphatic carbocycles. The van der Waals surface area contributed by atoms with Gasteiger partial charge >= 0.3 is 13.8 Å². The number of rotatable bonds is 36. The van der Waals surface area contributed by atoms with Crippen LogP contribution in [-0.2, 0) is 27.9 Å². The van der Waals surface area contributed by atoms with E-state index in [4.69, 9.17) is 18.5 Å². The molecule has 0 aliphatic heterocycles. The highest BCUT2D eigenvalue weighted by Crippen LogP contribution is 2.47. The van der Waals surface area contributed by atoms with Crippen molar-refractivity contribution in [1.29, 1.82) is 0 Å². The molecule has 1 aliphatic rings. The molecule has 1 saturated carbocycles. The first-order valence-corrected chi connectivity index (χ1v) is 22.9. The highest BCUT2D eigenvalue weighted by atomic mass is 31.2. The SMILES string of the molecule is CCCCCCCCCCCCCCCCCCOCC(COP(=O)(O)OC1C(O)C(O)C(O)C(O)C1O)OC(=O)CCCCCCCCCCCC. The fraction of sp³-hybridized carbons (Fsp3) is 0.975. The zero-order valence-electron chi connectivity index (χ0n) is 33.3. The molecule has 0 heterocycles. The van der Waals surface area contributed by atoms with Gasteiger partial charge in [0.25, 0.3) is 0 Å². The second kappa shape index (κ2) is 32.4. The third-order valence-corrected chi connectivity index (χ3v) is 11.2. The summed E-state index contributed by atoms with van der Waals surface area (Å²) in [5.74, 6) is -0.476. The number of phosphoric acid groups is 1. The van der Waals surface area contributed by atoms with Gasteiger partial charge in [-0.15, -0.1) is 0 Å². The van der Waals surface area contributed by atoms with E-state index < -0.39 is 63.1 Å². The molecule has 12 nitrogen and oxygen atoms in total. The fourth-order valence-corrected chi connectivity index (χ4v) is 7.74. The van der Waals surface area contributed by atoms with Gasteiger partial charge in [0.1, 0.15) is 42.7 Å². The number of aliphatic hydroxyl groups is 5. The van der Waals surface area contributed by atoms with Crippen molar-refractivity contribution in [2.45, 2.75) is 230 Å². The standard InChI is InChI=1S/C40H79O12P/c1-3-5-7-9-11-13-15-16-17-18-19-20-22-24-26-28-30-49-31-33(51-34(41)29-27-25-23-21-14-12-10-8-6-4-2)32-50-53(47,48)52-40-38(45)36(43)35(42)37(44)39(40)46/h33,35-40,42-46H,3-32H2,1-2H3,(H,47,48). The quantitative estimate of drug-likeness (QED) is 0.0206. The topological polar surface area (TPSA) is 192 Å². The van der Waals surface area contributed by atoms with Crippen LogP contribution in [0.15, 0.2) is 0 Å². The molecule has 0 radical (unpaired) electrons. The maximum atomic E-state index is 12.8. The summed E-state index contributed by atoms with van der Waals surface area (Å²) >= 11 is 0. The van der Waals surface area contributed by atoms with Crippen LogP contribution < -0.4 is 0 Å². The summed E-state index contributed by atoms with van der Waals surface area (Å²) in [6.45, 7) is 4.25. The lowest BCUT2D eigenvalue weighted by Gasteiger charge is -2.41. The summed E-state index contributed by atoms with van der Waals surface area (Å²) in [4.78, 5) is 23.0. The first-order chi connectivity index (χ1) is 25.5. The van der Waals surface area contributed by atoms with E-state index in [9.17, 15) is 39.8 Å². The number of esters is 1. The minimum absolute atomic E-state index is 0.0686. The monoisotopic (exact) mass is 783 g/mol.